The van der Waals surface area contributed by atoms with E-state index in [-0.39, 0.29) is 5.41 Å². The maximum absolute atomic E-state index is 6.31. The molecule has 0 aromatic heterocycles. The largest absolute Gasteiger partial charge is 0.210 e. The highest BCUT2D eigenvalue weighted by atomic mass is 35.5. The summed E-state index contributed by atoms with van der Waals surface area (Å²) >= 11 is 6.31. The minimum Gasteiger partial charge on any atom is -0.210 e. The maximum Gasteiger partial charge on any atom is 0.0327 e. The summed E-state index contributed by atoms with van der Waals surface area (Å²) in [5.74, 6) is 0.507. The molecule has 0 heterocycles. The van der Waals surface area contributed by atoms with Crippen LogP contribution >= 0.6 is 11.6 Å². The first-order chi connectivity index (χ1) is 6.84. The standard InChI is InChI=1S/C13H12Cl/c14-12-9-13(12,10-5-1-2-6-10)11-7-3-4-8-11/h1-8,10,12H,9H2/q-1. The fraction of sp³-hybridized carbons (Fsp3) is 0.308. The third-order valence-corrected chi connectivity index (χ3v) is 4.00. The van der Waals surface area contributed by atoms with Gasteiger partial charge < -0.3 is 0 Å². The average Bonchev–Trinajstić information content (AvgIpc) is 2.78. The van der Waals surface area contributed by atoms with Crippen molar-refractivity contribution in [3.05, 3.63) is 54.1 Å². The van der Waals surface area contributed by atoms with Crippen LogP contribution in [0, 0.1) is 5.92 Å². The van der Waals surface area contributed by atoms with Crippen molar-refractivity contribution in [2.24, 2.45) is 5.92 Å². The van der Waals surface area contributed by atoms with E-state index in [9.17, 15) is 0 Å². The molecule has 1 saturated carbocycles. The van der Waals surface area contributed by atoms with Crippen molar-refractivity contribution in [1.82, 2.24) is 0 Å². The van der Waals surface area contributed by atoms with Crippen molar-refractivity contribution in [2.45, 2.75) is 17.2 Å². The van der Waals surface area contributed by atoms with Crippen LogP contribution in [0.15, 0.2) is 48.6 Å². The van der Waals surface area contributed by atoms with Crippen molar-refractivity contribution in [2.75, 3.05) is 0 Å². The van der Waals surface area contributed by atoms with Crippen molar-refractivity contribution in [1.29, 1.82) is 0 Å². The number of halogens is 1. The van der Waals surface area contributed by atoms with Gasteiger partial charge in [-0.15, -0.1) is 11.6 Å². The van der Waals surface area contributed by atoms with Gasteiger partial charge in [0.25, 0.3) is 0 Å². The Labute approximate surface area is 89.3 Å². The molecule has 14 heavy (non-hydrogen) atoms. The quantitative estimate of drug-likeness (QED) is 0.511. The first kappa shape index (κ1) is 8.43. The van der Waals surface area contributed by atoms with Crippen LogP contribution in [0.2, 0.25) is 0 Å². The van der Waals surface area contributed by atoms with Crippen LogP contribution in [0.1, 0.15) is 12.0 Å². The van der Waals surface area contributed by atoms with Crippen LogP contribution in [0.5, 0.6) is 0 Å². The van der Waals surface area contributed by atoms with E-state index in [1.165, 1.54) is 5.56 Å². The first-order valence-corrected chi connectivity index (χ1v) is 5.49. The van der Waals surface area contributed by atoms with Crippen molar-refractivity contribution >= 4 is 11.6 Å². The van der Waals surface area contributed by atoms with Gasteiger partial charge in [-0.2, -0.15) is 23.8 Å². The first-order valence-electron chi connectivity index (χ1n) is 5.05. The normalized spacial score (nSPS) is 35.4. The van der Waals surface area contributed by atoms with Gasteiger partial charge in [0.15, 0.2) is 0 Å². The van der Waals surface area contributed by atoms with E-state index in [1.54, 1.807) is 0 Å². The van der Waals surface area contributed by atoms with Gasteiger partial charge in [-0.3, -0.25) is 0 Å². The van der Waals surface area contributed by atoms with Gasteiger partial charge in [0.2, 0.25) is 0 Å². The molecule has 0 amide bonds. The van der Waals surface area contributed by atoms with Gasteiger partial charge in [0.1, 0.15) is 0 Å². The van der Waals surface area contributed by atoms with Crippen LogP contribution in [0.25, 0.3) is 0 Å². The topological polar surface area (TPSA) is 0 Å². The molecule has 1 heteroatoms. The molecule has 0 aliphatic heterocycles. The van der Waals surface area contributed by atoms with E-state index in [4.69, 9.17) is 11.6 Å². The Morgan fingerprint density at radius 2 is 2.07 bits per heavy atom. The molecule has 0 saturated heterocycles. The molecule has 1 aromatic carbocycles. The van der Waals surface area contributed by atoms with Crippen molar-refractivity contribution < 1.29 is 0 Å². The zero-order valence-electron chi connectivity index (χ0n) is 7.86. The molecule has 0 spiro atoms. The molecule has 3 rings (SSSR count). The summed E-state index contributed by atoms with van der Waals surface area (Å²) in [6, 6.07) is 8.59. The molecule has 0 bridgehead atoms. The van der Waals surface area contributed by atoms with E-state index in [1.807, 2.05) is 0 Å². The monoisotopic (exact) mass is 203 g/mol. The third-order valence-electron chi connectivity index (χ3n) is 3.46. The van der Waals surface area contributed by atoms with Crippen LogP contribution in [0.4, 0.5) is 0 Å². The van der Waals surface area contributed by atoms with E-state index >= 15 is 0 Å². The summed E-state index contributed by atoms with van der Waals surface area (Å²) in [4.78, 5) is 0. The maximum atomic E-state index is 6.31. The molecule has 2 atom stereocenters. The zero-order valence-corrected chi connectivity index (χ0v) is 8.61. The lowest BCUT2D eigenvalue weighted by atomic mass is 9.85. The third kappa shape index (κ3) is 0.978. The smallest absolute Gasteiger partial charge is 0.0327 e. The highest BCUT2D eigenvalue weighted by Crippen LogP contribution is 2.58. The predicted molar refractivity (Wildman–Crippen MR) is 59.7 cm³/mol. The fourth-order valence-electron chi connectivity index (χ4n) is 2.53. The number of rotatable bonds is 2. The Balaban J connectivity index is 2.00. The second kappa shape index (κ2) is 2.80. The average molecular weight is 204 g/mol. The van der Waals surface area contributed by atoms with Gasteiger partial charge in [-0.25, -0.2) is 6.07 Å². The Morgan fingerprint density at radius 3 is 2.57 bits per heavy atom. The zero-order chi connectivity index (χ0) is 9.60. The van der Waals surface area contributed by atoms with E-state index in [0.29, 0.717) is 11.3 Å². The van der Waals surface area contributed by atoms with Crippen molar-refractivity contribution in [3.63, 3.8) is 0 Å². The minimum atomic E-state index is 0.203. The van der Waals surface area contributed by atoms with E-state index < -0.39 is 0 Å². The Kier molecular flexibility index (Phi) is 1.69. The summed E-state index contributed by atoms with van der Waals surface area (Å²) in [5, 5.41) is 0.308. The summed E-state index contributed by atoms with van der Waals surface area (Å²) in [5.41, 5.74) is 1.60. The molecule has 0 nitrogen and oxygen atoms in total. The Hall–Kier alpha value is -0.880. The highest BCUT2D eigenvalue weighted by molar-refractivity contribution is 6.24. The Bertz CT molecular complexity index is 373. The van der Waals surface area contributed by atoms with Crippen LogP contribution in [-0.2, 0) is 5.41 Å². The summed E-state index contributed by atoms with van der Waals surface area (Å²) in [6.07, 6.45) is 9.87. The summed E-state index contributed by atoms with van der Waals surface area (Å²) in [6.45, 7) is 0. The lowest BCUT2D eigenvalue weighted by Gasteiger charge is -2.25. The number of alkyl halides is 1. The lowest BCUT2D eigenvalue weighted by Crippen LogP contribution is -2.18. The molecule has 1 fully saturated rings. The van der Waals surface area contributed by atoms with Crippen molar-refractivity contribution in [3.8, 4) is 0 Å². The lowest BCUT2D eigenvalue weighted by molar-refractivity contribution is 0.591. The highest BCUT2D eigenvalue weighted by Gasteiger charge is 2.54. The molecule has 2 aliphatic rings. The molecule has 0 N–H and O–H groups in total. The van der Waals surface area contributed by atoms with Gasteiger partial charge in [0, 0.05) is 5.38 Å². The van der Waals surface area contributed by atoms with Gasteiger partial charge >= 0.3 is 0 Å². The van der Waals surface area contributed by atoms with Gasteiger partial charge in [-0.05, 0) is 17.8 Å². The Morgan fingerprint density at radius 1 is 1.36 bits per heavy atom. The molecular weight excluding hydrogens is 192 g/mol. The predicted octanol–water partition coefficient (Wildman–Crippen LogP) is 3.40. The fourth-order valence-corrected chi connectivity index (χ4v) is 3.06. The SMILES string of the molecule is ClC1CC1(c1cc[cH-]c1)C1C=CC=C1. The molecular formula is C13H12Cl-. The van der Waals surface area contributed by atoms with Gasteiger partial charge in [0.05, 0.1) is 0 Å². The minimum absolute atomic E-state index is 0.203. The number of hydrogen-bond acceptors (Lipinski definition) is 0. The summed E-state index contributed by atoms with van der Waals surface area (Å²) < 4.78 is 0. The molecule has 2 unspecified atom stereocenters. The molecule has 1 aromatic rings. The molecule has 2 aliphatic carbocycles. The van der Waals surface area contributed by atoms with Crippen LogP contribution < -0.4 is 0 Å². The van der Waals surface area contributed by atoms with E-state index in [0.717, 1.165) is 6.42 Å². The van der Waals surface area contributed by atoms with Crippen LogP contribution in [0.3, 0.4) is 0 Å². The molecule has 72 valence electrons. The second-order valence-corrected chi connectivity index (χ2v) is 4.71. The second-order valence-electron chi connectivity index (χ2n) is 4.18. The number of hydrogen-bond donors (Lipinski definition) is 0. The van der Waals surface area contributed by atoms with E-state index in [2.05, 4.69) is 48.6 Å². The number of allylic oxidation sites excluding steroid dienone is 4. The van der Waals surface area contributed by atoms with Gasteiger partial charge in [-0.1, -0.05) is 24.3 Å². The van der Waals surface area contributed by atoms with Crippen LogP contribution in [-0.4, -0.2) is 5.38 Å². The summed E-state index contributed by atoms with van der Waals surface area (Å²) in [7, 11) is 0. The molecule has 0 radical (unpaired) electrons.